The fourth-order valence-electron chi connectivity index (χ4n) is 4.73. The van der Waals surface area contributed by atoms with Gasteiger partial charge in [0.1, 0.15) is 5.82 Å². The molecule has 1 aromatic heterocycles. The van der Waals surface area contributed by atoms with Crippen LogP contribution < -0.4 is 4.90 Å². The van der Waals surface area contributed by atoms with Gasteiger partial charge in [0.2, 0.25) is 0 Å². The van der Waals surface area contributed by atoms with Crippen molar-refractivity contribution in [3.05, 3.63) is 72.3 Å². The second-order valence-corrected chi connectivity index (χ2v) is 8.14. The largest absolute Gasteiger partial charge is 0.393 e. The van der Waals surface area contributed by atoms with Crippen molar-refractivity contribution in [2.45, 2.75) is 43.5 Å². The minimum Gasteiger partial charge on any atom is -0.393 e. The lowest BCUT2D eigenvalue weighted by Crippen LogP contribution is -2.51. The van der Waals surface area contributed by atoms with Crippen LogP contribution in [0.3, 0.4) is 0 Å². The van der Waals surface area contributed by atoms with Crippen LogP contribution in [0.1, 0.15) is 37.4 Å². The van der Waals surface area contributed by atoms with Crippen LogP contribution in [0.15, 0.2) is 66.7 Å². The van der Waals surface area contributed by atoms with Gasteiger partial charge >= 0.3 is 0 Å². The second kappa shape index (κ2) is 7.19. The highest BCUT2D eigenvalue weighted by Gasteiger charge is 2.43. The van der Waals surface area contributed by atoms with Crippen LogP contribution in [0.4, 0.5) is 5.82 Å². The number of ether oxygens (including phenoxy) is 1. The Kier molecular flexibility index (Phi) is 4.53. The van der Waals surface area contributed by atoms with Crippen LogP contribution in [0, 0.1) is 0 Å². The Bertz CT molecular complexity index is 951. The number of anilines is 1. The number of benzene rings is 2. The van der Waals surface area contributed by atoms with E-state index in [1.54, 1.807) is 0 Å². The number of rotatable bonds is 2. The lowest BCUT2D eigenvalue weighted by Gasteiger charge is -2.48. The van der Waals surface area contributed by atoms with Crippen LogP contribution in [-0.4, -0.2) is 34.9 Å². The number of para-hydroxylation sites is 1. The van der Waals surface area contributed by atoms with Gasteiger partial charge in [-0.2, -0.15) is 0 Å². The number of nitrogens with zero attached hydrogens (tertiary/aromatic N) is 2. The number of fused-ring (bicyclic) bond motifs is 1. The van der Waals surface area contributed by atoms with Crippen LogP contribution in [0.5, 0.6) is 0 Å². The summed E-state index contributed by atoms with van der Waals surface area (Å²) >= 11 is 0. The van der Waals surface area contributed by atoms with E-state index < -0.39 is 0 Å². The molecule has 2 aliphatic heterocycles. The fraction of sp³-hybridized carbons (Fsp3) is 0.375. The van der Waals surface area contributed by atoms with Gasteiger partial charge in [0.05, 0.1) is 23.3 Å². The molecule has 0 unspecified atom stereocenters. The van der Waals surface area contributed by atoms with E-state index in [9.17, 15) is 5.11 Å². The van der Waals surface area contributed by atoms with Gasteiger partial charge in [0, 0.05) is 31.3 Å². The van der Waals surface area contributed by atoms with Crippen molar-refractivity contribution < 1.29 is 9.84 Å². The predicted octanol–water partition coefficient (Wildman–Crippen LogP) is 4.49. The van der Waals surface area contributed by atoms with Crippen molar-refractivity contribution in [3.63, 3.8) is 0 Å². The Hall–Kier alpha value is -2.43. The van der Waals surface area contributed by atoms with Gasteiger partial charge in [0.15, 0.2) is 0 Å². The summed E-state index contributed by atoms with van der Waals surface area (Å²) in [6, 6.07) is 22.8. The summed E-state index contributed by atoms with van der Waals surface area (Å²) in [5.41, 5.74) is 1.97. The van der Waals surface area contributed by atoms with E-state index in [4.69, 9.17) is 9.72 Å². The van der Waals surface area contributed by atoms with Crippen LogP contribution in [0.25, 0.3) is 10.9 Å². The number of aromatic nitrogens is 1. The zero-order valence-corrected chi connectivity index (χ0v) is 16.0. The van der Waals surface area contributed by atoms with E-state index in [-0.39, 0.29) is 17.8 Å². The monoisotopic (exact) mass is 374 g/mol. The molecule has 0 amide bonds. The average molecular weight is 374 g/mol. The van der Waals surface area contributed by atoms with Crippen molar-refractivity contribution >= 4 is 16.7 Å². The fourth-order valence-corrected chi connectivity index (χ4v) is 4.73. The molecule has 0 radical (unpaired) electrons. The highest BCUT2D eigenvalue weighted by Crippen LogP contribution is 2.43. The third-order valence-electron chi connectivity index (χ3n) is 6.24. The van der Waals surface area contributed by atoms with Gasteiger partial charge in [0.25, 0.3) is 0 Å². The molecule has 2 saturated heterocycles. The zero-order valence-electron chi connectivity index (χ0n) is 16.0. The molecule has 3 heterocycles. The normalized spacial score (nSPS) is 24.5. The second-order valence-electron chi connectivity index (χ2n) is 8.14. The number of aliphatic hydroxyl groups excluding tert-OH is 1. The molecule has 2 fully saturated rings. The molecule has 144 valence electrons. The Morgan fingerprint density at radius 2 is 1.68 bits per heavy atom. The summed E-state index contributed by atoms with van der Waals surface area (Å²) in [6.45, 7) is 1.80. The van der Waals surface area contributed by atoms with Crippen LogP contribution in [0.2, 0.25) is 0 Å². The summed E-state index contributed by atoms with van der Waals surface area (Å²) in [4.78, 5) is 7.19. The minimum atomic E-state index is -0.302. The van der Waals surface area contributed by atoms with Crippen LogP contribution >= 0.6 is 0 Å². The van der Waals surface area contributed by atoms with E-state index in [2.05, 4.69) is 41.3 Å². The highest BCUT2D eigenvalue weighted by molar-refractivity contribution is 5.80. The molecule has 2 aromatic carbocycles. The molecule has 2 atom stereocenters. The lowest BCUT2D eigenvalue weighted by molar-refractivity contribution is -0.173. The van der Waals surface area contributed by atoms with Crippen molar-refractivity contribution in [1.82, 2.24) is 4.98 Å². The van der Waals surface area contributed by atoms with Crippen molar-refractivity contribution in [2.24, 2.45) is 0 Å². The quantitative estimate of drug-likeness (QED) is 0.718. The first kappa shape index (κ1) is 17.7. The van der Waals surface area contributed by atoms with Crippen molar-refractivity contribution in [2.75, 3.05) is 18.0 Å². The molecule has 28 heavy (non-hydrogen) atoms. The van der Waals surface area contributed by atoms with Crippen molar-refractivity contribution in [3.8, 4) is 0 Å². The average Bonchev–Trinajstić information content (AvgIpc) is 2.74. The van der Waals surface area contributed by atoms with Crippen molar-refractivity contribution in [1.29, 1.82) is 0 Å². The van der Waals surface area contributed by atoms with E-state index in [1.807, 2.05) is 30.3 Å². The third kappa shape index (κ3) is 3.38. The molecular weight excluding hydrogens is 348 g/mol. The minimum absolute atomic E-state index is 0.0182. The SMILES string of the molecule is O[C@H]1C[C@H](c2ccccc2)OC2(CCN(c3ccc4ccccc4n3)CC2)C1. The van der Waals surface area contributed by atoms with Crippen LogP contribution in [-0.2, 0) is 4.74 Å². The zero-order chi connectivity index (χ0) is 19.0. The van der Waals surface area contributed by atoms with Gasteiger partial charge in [-0.3, -0.25) is 0 Å². The summed E-state index contributed by atoms with van der Waals surface area (Å²) in [6.07, 6.45) is 2.93. The first-order chi connectivity index (χ1) is 13.7. The van der Waals surface area contributed by atoms with Gasteiger partial charge in [-0.15, -0.1) is 0 Å². The first-order valence-corrected chi connectivity index (χ1v) is 10.2. The molecule has 1 N–H and O–H groups in total. The first-order valence-electron chi connectivity index (χ1n) is 10.2. The smallest absolute Gasteiger partial charge is 0.129 e. The number of aliphatic hydroxyl groups is 1. The maximum absolute atomic E-state index is 10.6. The molecule has 0 aliphatic carbocycles. The maximum atomic E-state index is 10.6. The Labute approximate surface area is 165 Å². The molecule has 4 heteroatoms. The summed E-state index contributed by atoms with van der Waals surface area (Å²) in [5.74, 6) is 1.03. The van der Waals surface area contributed by atoms with E-state index >= 15 is 0 Å². The predicted molar refractivity (Wildman–Crippen MR) is 111 cm³/mol. The standard InChI is InChI=1S/C24H26N2O2/c27-20-16-22(19-7-2-1-3-8-19)28-24(17-20)12-14-26(15-13-24)23-11-10-18-6-4-5-9-21(18)25-23/h1-11,20,22,27H,12-17H2/t20-,22+/m0/s1. The van der Waals surface area contributed by atoms with E-state index in [0.29, 0.717) is 6.42 Å². The molecular formula is C24H26N2O2. The molecule has 2 aliphatic rings. The van der Waals surface area contributed by atoms with Gasteiger partial charge in [-0.05, 0) is 36.6 Å². The topological polar surface area (TPSA) is 45.6 Å². The van der Waals surface area contributed by atoms with Gasteiger partial charge in [-0.25, -0.2) is 4.98 Å². The summed E-state index contributed by atoms with van der Waals surface area (Å²) in [5, 5.41) is 11.7. The molecule has 3 aromatic rings. The Balaban J connectivity index is 1.32. The lowest BCUT2D eigenvalue weighted by atomic mass is 9.81. The number of piperidine rings is 1. The van der Waals surface area contributed by atoms with Gasteiger partial charge in [-0.1, -0.05) is 48.5 Å². The Morgan fingerprint density at radius 1 is 0.929 bits per heavy atom. The Morgan fingerprint density at radius 3 is 2.50 bits per heavy atom. The molecule has 4 nitrogen and oxygen atoms in total. The molecule has 0 saturated carbocycles. The van der Waals surface area contributed by atoms with E-state index in [0.717, 1.165) is 43.7 Å². The summed E-state index contributed by atoms with van der Waals surface area (Å²) < 4.78 is 6.62. The number of hydrogen-bond donors (Lipinski definition) is 1. The third-order valence-corrected chi connectivity index (χ3v) is 6.24. The van der Waals surface area contributed by atoms with E-state index in [1.165, 1.54) is 10.9 Å². The highest BCUT2D eigenvalue weighted by atomic mass is 16.5. The summed E-state index contributed by atoms with van der Waals surface area (Å²) in [7, 11) is 0. The molecule has 1 spiro atoms. The molecule has 0 bridgehead atoms. The maximum Gasteiger partial charge on any atom is 0.129 e. The van der Waals surface area contributed by atoms with Gasteiger partial charge < -0.3 is 14.7 Å². The molecule has 5 rings (SSSR count). The number of pyridine rings is 1. The number of hydrogen-bond acceptors (Lipinski definition) is 4.